The number of carbonyl (C=O) groups excluding carboxylic acids is 2. The Bertz CT molecular complexity index is 502. The molecule has 0 radical (unpaired) electrons. The molecular weight excluding hydrogens is 326 g/mol. The van der Waals surface area contributed by atoms with Crippen molar-refractivity contribution < 1.29 is 9.59 Å². The largest absolute Gasteiger partial charge is 0.355 e. The third kappa shape index (κ3) is 6.49. The Labute approximate surface area is 150 Å². The molecule has 1 fully saturated rings. The van der Waals surface area contributed by atoms with Gasteiger partial charge in [-0.25, -0.2) is 0 Å². The number of nitrogens with zero attached hydrogens (tertiary/aromatic N) is 1. The van der Waals surface area contributed by atoms with Crippen molar-refractivity contribution in [3.8, 4) is 0 Å². The molecule has 0 spiro atoms. The van der Waals surface area contributed by atoms with Gasteiger partial charge in [0, 0.05) is 38.5 Å². The van der Waals surface area contributed by atoms with Crippen LogP contribution in [0.2, 0.25) is 0 Å². The fraction of sp³-hybridized carbons (Fsp3) is 0.556. The minimum absolute atomic E-state index is 0. The molecule has 2 amide bonds. The summed E-state index contributed by atoms with van der Waals surface area (Å²) in [5.41, 5.74) is 1.19. The Kier molecular flexibility index (Phi) is 9.42. The first-order valence-corrected chi connectivity index (χ1v) is 8.44. The third-order valence-corrected chi connectivity index (χ3v) is 4.36. The molecule has 0 bridgehead atoms. The number of likely N-dealkylation sites (N-methyl/N-ethyl adjacent to an activating group) is 1. The number of piperidine rings is 1. The highest BCUT2D eigenvalue weighted by Crippen LogP contribution is 2.18. The van der Waals surface area contributed by atoms with E-state index in [0.29, 0.717) is 26.1 Å². The van der Waals surface area contributed by atoms with Gasteiger partial charge < -0.3 is 15.5 Å². The van der Waals surface area contributed by atoms with Crippen LogP contribution in [0.1, 0.15) is 24.8 Å². The van der Waals surface area contributed by atoms with Gasteiger partial charge in [-0.3, -0.25) is 9.59 Å². The van der Waals surface area contributed by atoms with Crippen molar-refractivity contribution in [3.63, 3.8) is 0 Å². The maximum atomic E-state index is 12.3. The molecule has 1 saturated heterocycles. The predicted octanol–water partition coefficient (Wildman–Crippen LogP) is 1.62. The highest BCUT2D eigenvalue weighted by molar-refractivity contribution is 5.85. The predicted molar refractivity (Wildman–Crippen MR) is 98.3 cm³/mol. The van der Waals surface area contributed by atoms with Crippen molar-refractivity contribution in [3.05, 3.63) is 35.9 Å². The Morgan fingerprint density at radius 3 is 2.42 bits per heavy atom. The summed E-state index contributed by atoms with van der Waals surface area (Å²) in [6.45, 7) is 2.82. The number of benzene rings is 1. The van der Waals surface area contributed by atoms with Crippen molar-refractivity contribution in [1.82, 2.24) is 15.5 Å². The molecule has 1 aliphatic rings. The van der Waals surface area contributed by atoms with E-state index in [9.17, 15) is 9.59 Å². The lowest BCUT2D eigenvalue weighted by Gasteiger charge is -2.31. The molecule has 2 N–H and O–H groups in total. The molecule has 0 unspecified atom stereocenters. The number of hydrogen-bond acceptors (Lipinski definition) is 3. The number of aryl methyl sites for hydroxylation is 1. The van der Waals surface area contributed by atoms with Gasteiger partial charge in [0.05, 0.1) is 0 Å². The summed E-state index contributed by atoms with van der Waals surface area (Å²) < 4.78 is 0. The van der Waals surface area contributed by atoms with E-state index in [1.807, 2.05) is 30.1 Å². The van der Waals surface area contributed by atoms with E-state index in [0.717, 1.165) is 25.8 Å². The second kappa shape index (κ2) is 11.0. The summed E-state index contributed by atoms with van der Waals surface area (Å²) in [4.78, 5) is 26.2. The molecule has 1 heterocycles. The van der Waals surface area contributed by atoms with E-state index in [1.54, 1.807) is 0 Å². The summed E-state index contributed by atoms with van der Waals surface area (Å²) in [6, 6.07) is 10.1. The first-order chi connectivity index (χ1) is 11.2. The molecule has 0 atom stereocenters. The van der Waals surface area contributed by atoms with Crippen LogP contribution < -0.4 is 10.6 Å². The van der Waals surface area contributed by atoms with Gasteiger partial charge in [-0.2, -0.15) is 0 Å². The van der Waals surface area contributed by atoms with Crippen molar-refractivity contribution in [1.29, 1.82) is 0 Å². The molecule has 5 nitrogen and oxygen atoms in total. The summed E-state index contributed by atoms with van der Waals surface area (Å²) in [6.07, 6.45) is 2.86. The van der Waals surface area contributed by atoms with Gasteiger partial charge >= 0.3 is 0 Å². The van der Waals surface area contributed by atoms with Crippen molar-refractivity contribution in [2.75, 3.05) is 33.2 Å². The van der Waals surface area contributed by atoms with Crippen LogP contribution in [0.5, 0.6) is 0 Å². The number of rotatable bonds is 7. The van der Waals surface area contributed by atoms with Crippen LogP contribution in [0.25, 0.3) is 0 Å². The van der Waals surface area contributed by atoms with Gasteiger partial charge in [-0.1, -0.05) is 30.3 Å². The number of nitrogens with one attached hydrogen (secondary N) is 2. The molecule has 0 saturated carbocycles. The van der Waals surface area contributed by atoms with E-state index < -0.39 is 0 Å². The molecule has 134 valence electrons. The number of hydrogen-bond donors (Lipinski definition) is 2. The zero-order valence-electron chi connectivity index (χ0n) is 14.3. The maximum absolute atomic E-state index is 12.3. The fourth-order valence-corrected chi connectivity index (χ4v) is 2.90. The average molecular weight is 354 g/mol. The monoisotopic (exact) mass is 353 g/mol. The summed E-state index contributed by atoms with van der Waals surface area (Å²) in [7, 11) is 1.87. The first-order valence-electron chi connectivity index (χ1n) is 8.44. The van der Waals surface area contributed by atoms with Gasteiger partial charge in [0.25, 0.3) is 0 Å². The fourth-order valence-electron chi connectivity index (χ4n) is 2.90. The first kappa shape index (κ1) is 20.5. The minimum atomic E-state index is 0. The van der Waals surface area contributed by atoms with Crippen LogP contribution in [0.3, 0.4) is 0 Å². The molecule has 24 heavy (non-hydrogen) atoms. The van der Waals surface area contributed by atoms with Crippen LogP contribution in [0, 0.1) is 5.92 Å². The van der Waals surface area contributed by atoms with E-state index in [-0.39, 0.29) is 30.1 Å². The Hall–Kier alpha value is -1.59. The Morgan fingerprint density at radius 1 is 1.12 bits per heavy atom. The highest BCUT2D eigenvalue weighted by Gasteiger charge is 2.26. The van der Waals surface area contributed by atoms with Gasteiger partial charge in [0.2, 0.25) is 11.8 Å². The van der Waals surface area contributed by atoms with E-state index >= 15 is 0 Å². The van der Waals surface area contributed by atoms with Gasteiger partial charge in [0.1, 0.15) is 0 Å². The van der Waals surface area contributed by atoms with E-state index in [1.165, 1.54) is 5.56 Å². The number of amides is 2. The number of likely N-dealkylation sites (tertiary alicyclic amines) is 1. The van der Waals surface area contributed by atoms with Gasteiger partial charge in [-0.05, 0) is 31.9 Å². The van der Waals surface area contributed by atoms with E-state index in [4.69, 9.17) is 0 Å². The molecule has 1 aromatic carbocycles. The summed E-state index contributed by atoms with van der Waals surface area (Å²) >= 11 is 0. The van der Waals surface area contributed by atoms with Crippen molar-refractivity contribution in [2.24, 2.45) is 5.92 Å². The zero-order valence-corrected chi connectivity index (χ0v) is 15.1. The van der Waals surface area contributed by atoms with Gasteiger partial charge in [-0.15, -0.1) is 12.4 Å². The zero-order chi connectivity index (χ0) is 16.5. The number of halogens is 1. The third-order valence-electron chi connectivity index (χ3n) is 4.36. The van der Waals surface area contributed by atoms with E-state index in [2.05, 4.69) is 22.8 Å². The van der Waals surface area contributed by atoms with Crippen molar-refractivity contribution in [2.45, 2.75) is 25.7 Å². The second-order valence-electron chi connectivity index (χ2n) is 6.04. The second-order valence-corrected chi connectivity index (χ2v) is 6.04. The molecule has 0 aliphatic carbocycles. The quantitative estimate of drug-likeness (QED) is 0.732. The molecule has 1 aliphatic heterocycles. The lowest BCUT2D eigenvalue weighted by Crippen LogP contribution is -2.44. The van der Waals surface area contributed by atoms with Crippen LogP contribution >= 0.6 is 12.4 Å². The average Bonchev–Trinajstić information content (AvgIpc) is 2.61. The van der Waals surface area contributed by atoms with Crippen LogP contribution in [-0.4, -0.2) is 49.9 Å². The Morgan fingerprint density at radius 2 is 1.79 bits per heavy atom. The molecule has 2 rings (SSSR count). The van der Waals surface area contributed by atoms with Gasteiger partial charge in [0.15, 0.2) is 0 Å². The summed E-state index contributed by atoms with van der Waals surface area (Å²) in [5.74, 6) is 0.365. The highest BCUT2D eigenvalue weighted by atomic mass is 35.5. The Balaban J connectivity index is 0.00000288. The van der Waals surface area contributed by atoms with Crippen LogP contribution in [0.4, 0.5) is 0 Å². The molecular formula is C18H28ClN3O2. The lowest BCUT2D eigenvalue weighted by molar-refractivity contribution is -0.135. The normalized spacial score (nSPS) is 14.8. The number of carbonyl (C=O) groups is 2. The minimum Gasteiger partial charge on any atom is -0.355 e. The van der Waals surface area contributed by atoms with Crippen LogP contribution in [-0.2, 0) is 16.0 Å². The van der Waals surface area contributed by atoms with Crippen LogP contribution in [0.15, 0.2) is 30.3 Å². The maximum Gasteiger partial charge on any atom is 0.223 e. The molecule has 0 aromatic heterocycles. The molecule has 1 aromatic rings. The topological polar surface area (TPSA) is 61.4 Å². The smallest absolute Gasteiger partial charge is 0.223 e. The van der Waals surface area contributed by atoms with Crippen molar-refractivity contribution >= 4 is 24.2 Å². The molecule has 6 heteroatoms. The summed E-state index contributed by atoms with van der Waals surface area (Å²) in [5, 5.41) is 5.95. The lowest BCUT2D eigenvalue weighted by atomic mass is 9.95. The standard InChI is InChI=1S/C18H27N3O2.ClH/c1-19-11-12-20-18(23)16-9-13-21(14-10-16)17(22)8-7-15-5-3-2-4-6-15;/h2-6,16,19H,7-14H2,1H3,(H,20,23);1H. The SMILES string of the molecule is CNCCNC(=O)C1CCN(C(=O)CCc2ccccc2)CC1.Cl.